The molecule has 1 unspecified atom stereocenters. The van der Waals surface area contributed by atoms with E-state index in [1.54, 1.807) is 10.8 Å². The number of nitrogens with zero attached hydrogens (tertiary/aromatic N) is 3. The maximum absolute atomic E-state index is 12.6. The van der Waals surface area contributed by atoms with Gasteiger partial charge in [0.15, 0.2) is 0 Å². The van der Waals surface area contributed by atoms with E-state index in [1.165, 1.54) is 6.33 Å². The minimum Gasteiger partial charge on any atom is -0.444 e. The Morgan fingerprint density at radius 2 is 1.95 bits per heavy atom. The average Bonchev–Trinajstić information content (AvgIpc) is 3.48. The van der Waals surface area contributed by atoms with Gasteiger partial charge in [0.2, 0.25) is 0 Å². The number of aldehydes is 1. The Bertz CT molecular complexity index is 1490. The van der Waals surface area contributed by atoms with Crippen LogP contribution in [-0.2, 0) is 29.7 Å². The molecule has 0 spiro atoms. The fraction of sp³-hybridized carbons (Fsp3) is 0.310. The second-order valence-electron chi connectivity index (χ2n) is 10.6. The van der Waals surface area contributed by atoms with Gasteiger partial charge in [0, 0.05) is 34.7 Å². The summed E-state index contributed by atoms with van der Waals surface area (Å²) in [6, 6.07) is 15.9. The number of aliphatic hydroxyl groups is 1. The summed E-state index contributed by atoms with van der Waals surface area (Å²) in [6.07, 6.45) is 5.07. The van der Waals surface area contributed by atoms with Crippen molar-refractivity contribution in [3.63, 3.8) is 0 Å². The summed E-state index contributed by atoms with van der Waals surface area (Å²) in [4.78, 5) is 32.9. The normalized spacial score (nSPS) is 17.0. The highest BCUT2D eigenvalue weighted by Crippen LogP contribution is 2.41. The molecule has 5 rings (SSSR count). The van der Waals surface area contributed by atoms with Crippen LogP contribution in [0.15, 0.2) is 61.1 Å². The van der Waals surface area contributed by atoms with Gasteiger partial charge in [0.05, 0.1) is 5.69 Å². The molecule has 190 valence electrons. The van der Waals surface area contributed by atoms with Crippen LogP contribution in [0, 0.1) is 0 Å². The SMILES string of the molecule is CC(C)(C)OC(=O)NCC1(c2cccc(-c3ncnc4c3ccn4CO)c2)Cc2ccc(C=O)cc2C1. The number of alkyl carbamates (subject to hydrolysis) is 1. The van der Waals surface area contributed by atoms with Crippen LogP contribution in [0.25, 0.3) is 22.3 Å². The van der Waals surface area contributed by atoms with E-state index in [0.717, 1.165) is 39.6 Å². The fourth-order valence-corrected chi connectivity index (χ4v) is 5.18. The van der Waals surface area contributed by atoms with Gasteiger partial charge in [-0.3, -0.25) is 4.79 Å². The predicted molar refractivity (Wildman–Crippen MR) is 140 cm³/mol. The summed E-state index contributed by atoms with van der Waals surface area (Å²) in [7, 11) is 0. The van der Waals surface area contributed by atoms with Gasteiger partial charge in [-0.1, -0.05) is 30.3 Å². The van der Waals surface area contributed by atoms with E-state index < -0.39 is 17.1 Å². The molecule has 0 aliphatic heterocycles. The van der Waals surface area contributed by atoms with Crippen molar-refractivity contribution < 1.29 is 19.4 Å². The standard InChI is InChI=1S/C29H30N4O4/c1-28(2,3)37-27(36)30-16-29(13-21-8-7-19(15-34)11-22(21)14-29)23-6-4-5-20(12-23)25-24-9-10-33(18-35)26(24)32-17-31-25/h4-12,15,17,35H,13-14,16,18H2,1-3H3,(H,30,36). The minimum absolute atomic E-state index is 0.166. The lowest BCUT2D eigenvalue weighted by molar-refractivity contribution is 0.0514. The van der Waals surface area contributed by atoms with Crippen molar-refractivity contribution in [2.45, 2.75) is 51.4 Å². The number of carbonyl (C=O) groups is 2. The van der Waals surface area contributed by atoms with E-state index in [2.05, 4.69) is 27.4 Å². The fourth-order valence-electron chi connectivity index (χ4n) is 5.18. The minimum atomic E-state index is -0.599. The molecule has 2 heterocycles. The molecule has 8 nitrogen and oxygen atoms in total. The number of hydrogen-bond donors (Lipinski definition) is 2. The van der Waals surface area contributed by atoms with Crippen LogP contribution in [0.4, 0.5) is 4.79 Å². The Kier molecular flexibility index (Phi) is 6.29. The van der Waals surface area contributed by atoms with Gasteiger partial charge >= 0.3 is 6.09 Å². The maximum Gasteiger partial charge on any atom is 0.407 e. The van der Waals surface area contributed by atoms with Crippen molar-refractivity contribution in [2.24, 2.45) is 0 Å². The van der Waals surface area contributed by atoms with Crippen LogP contribution in [-0.4, -0.2) is 44.2 Å². The summed E-state index contributed by atoms with van der Waals surface area (Å²) in [5.41, 5.74) is 5.27. The molecule has 8 heteroatoms. The van der Waals surface area contributed by atoms with E-state index >= 15 is 0 Å². The second kappa shape index (κ2) is 9.44. The number of carbonyl (C=O) groups excluding carboxylic acids is 2. The van der Waals surface area contributed by atoms with Crippen molar-refractivity contribution in [1.82, 2.24) is 19.9 Å². The molecular weight excluding hydrogens is 468 g/mol. The lowest BCUT2D eigenvalue weighted by atomic mass is 9.77. The highest BCUT2D eigenvalue weighted by Gasteiger charge is 2.40. The molecule has 0 saturated carbocycles. The molecule has 1 aliphatic rings. The Hall–Kier alpha value is -4.04. The van der Waals surface area contributed by atoms with Gasteiger partial charge in [-0.15, -0.1) is 0 Å². The first-order chi connectivity index (χ1) is 17.7. The Morgan fingerprint density at radius 3 is 2.70 bits per heavy atom. The zero-order valence-corrected chi connectivity index (χ0v) is 21.2. The number of nitrogens with one attached hydrogen (secondary N) is 1. The third-order valence-corrected chi connectivity index (χ3v) is 6.85. The maximum atomic E-state index is 12.6. The molecule has 1 aliphatic carbocycles. The summed E-state index contributed by atoms with van der Waals surface area (Å²) in [5, 5.41) is 13.5. The molecule has 2 aromatic heterocycles. The number of benzene rings is 2. The molecule has 37 heavy (non-hydrogen) atoms. The van der Waals surface area contributed by atoms with E-state index in [-0.39, 0.29) is 6.73 Å². The van der Waals surface area contributed by atoms with Crippen molar-refractivity contribution in [2.75, 3.05) is 6.54 Å². The van der Waals surface area contributed by atoms with E-state index in [4.69, 9.17) is 4.74 Å². The van der Waals surface area contributed by atoms with Crippen LogP contribution in [0.2, 0.25) is 0 Å². The van der Waals surface area contributed by atoms with E-state index in [0.29, 0.717) is 30.6 Å². The number of ether oxygens (including phenoxy) is 1. The summed E-state index contributed by atoms with van der Waals surface area (Å²) in [5.74, 6) is 0. The highest BCUT2D eigenvalue weighted by atomic mass is 16.6. The van der Waals surface area contributed by atoms with Gasteiger partial charge in [-0.25, -0.2) is 14.8 Å². The van der Waals surface area contributed by atoms with Crippen LogP contribution in [0.5, 0.6) is 0 Å². The monoisotopic (exact) mass is 498 g/mol. The largest absolute Gasteiger partial charge is 0.444 e. The Labute approximate surface area is 215 Å². The number of aromatic nitrogens is 3. The van der Waals surface area contributed by atoms with Crippen molar-refractivity contribution >= 4 is 23.4 Å². The molecule has 0 bridgehead atoms. The van der Waals surface area contributed by atoms with Gasteiger partial charge < -0.3 is 19.7 Å². The molecule has 2 N–H and O–H groups in total. The Balaban J connectivity index is 1.55. The van der Waals surface area contributed by atoms with Gasteiger partial charge in [0.25, 0.3) is 0 Å². The molecular formula is C29H30N4O4. The van der Waals surface area contributed by atoms with Crippen molar-refractivity contribution in [1.29, 1.82) is 0 Å². The smallest absolute Gasteiger partial charge is 0.407 e. The molecule has 4 aromatic rings. The summed E-state index contributed by atoms with van der Waals surface area (Å²) >= 11 is 0. The van der Waals surface area contributed by atoms with Crippen LogP contribution >= 0.6 is 0 Å². The van der Waals surface area contributed by atoms with Gasteiger partial charge in [0.1, 0.15) is 30.6 Å². The Morgan fingerprint density at radius 1 is 1.14 bits per heavy atom. The molecule has 0 saturated heterocycles. The van der Waals surface area contributed by atoms with Gasteiger partial charge in [-0.2, -0.15) is 0 Å². The first-order valence-corrected chi connectivity index (χ1v) is 12.3. The van der Waals surface area contributed by atoms with E-state index in [1.807, 2.05) is 57.2 Å². The topological polar surface area (TPSA) is 106 Å². The van der Waals surface area contributed by atoms with E-state index in [9.17, 15) is 14.7 Å². The lowest BCUT2D eigenvalue weighted by Gasteiger charge is -2.31. The zero-order valence-electron chi connectivity index (χ0n) is 21.2. The summed E-state index contributed by atoms with van der Waals surface area (Å²) in [6.45, 7) is 5.72. The van der Waals surface area contributed by atoms with Gasteiger partial charge in [-0.05, 0) is 68.5 Å². The quantitative estimate of drug-likeness (QED) is 0.381. The number of rotatable bonds is 6. The molecule has 1 amide bonds. The third kappa shape index (κ3) is 4.84. The molecule has 1 atom stereocenters. The lowest BCUT2D eigenvalue weighted by Crippen LogP contribution is -2.43. The molecule has 0 fully saturated rings. The number of aliphatic hydroxyl groups excluding tert-OH is 1. The number of fused-ring (bicyclic) bond motifs is 2. The first-order valence-electron chi connectivity index (χ1n) is 12.3. The second-order valence-corrected chi connectivity index (χ2v) is 10.6. The van der Waals surface area contributed by atoms with Crippen molar-refractivity contribution in [3.05, 3.63) is 83.3 Å². The number of hydrogen-bond acceptors (Lipinski definition) is 6. The van der Waals surface area contributed by atoms with Crippen LogP contribution in [0.1, 0.15) is 47.8 Å². The van der Waals surface area contributed by atoms with Crippen molar-refractivity contribution in [3.8, 4) is 11.3 Å². The summed E-state index contributed by atoms with van der Waals surface area (Å²) < 4.78 is 7.17. The average molecular weight is 499 g/mol. The number of amides is 1. The first kappa shape index (κ1) is 24.6. The molecule has 0 radical (unpaired) electrons. The molecule has 2 aromatic carbocycles. The van der Waals surface area contributed by atoms with Crippen LogP contribution < -0.4 is 5.32 Å². The highest BCUT2D eigenvalue weighted by molar-refractivity contribution is 5.91. The third-order valence-electron chi connectivity index (χ3n) is 6.85. The van der Waals surface area contributed by atoms with Crippen LogP contribution in [0.3, 0.4) is 0 Å². The zero-order chi connectivity index (χ0) is 26.2. The predicted octanol–water partition coefficient (Wildman–Crippen LogP) is 4.42.